The number of nitrogens with zero attached hydrogens (tertiary/aromatic N) is 6. The summed E-state index contributed by atoms with van der Waals surface area (Å²) < 4.78 is 1.81. The normalized spacial score (nSPS) is 14.1. The smallest absolute Gasteiger partial charge is 0.269 e. The van der Waals surface area contributed by atoms with Crippen molar-refractivity contribution in [2.75, 3.05) is 30.3 Å². The van der Waals surface area contributed by atoms with E-state index < -0.39 is 4.92 Å². The molecule has 3 heterocycles. The van der Waals surface area contributed by atoms with Crippen LogP contribution in [0.15, 0.2) is 41.7 Å². The van der Waals surface area contributed by atoms with Crippen LogP contribution in [-0.4, -0.2) is 56.0 Å². The van der Waals surface area contributed by atoms with Crippen LogP contribution in [0.2, 0.25) is 0 Å². The maximum absolute atomic E-state index is 12.2. The maximum atomic E-state index is 12.2. The largest absolute Gasteiger partial charge is 0.356 e. The summed E-state index contributed by atoms with van der Waals surface area (Å²) in [5.41, 5.74) is 1.50. The summed E-state index contributed by atoms with van der Waals surface area (Å²) in [6, 6.07) is 6.02. The van der Waals surface area contributed by atoms with Crippen LogP contribution in [0.5, 0.6) is 0 Å². The summed E-state index contributed by atoms with van der Waals surface area (Å²) in [5, 5.41) is 19.8. The molecule has 10 nitrogen and oxygen atoms in total. The van der Waals surface area contributed by atoms with Gasteiger partial charge in [0, 0.05) is 37.8 Å². The Kier molecular flexibility index (Phi) is 7.73. The zero-order valence-corrected chi connectivity index (χ0v) is 19.8. The van der Waals surface area contributed by atoms with Crippen molar-refractivity contribution in [2.45, 2.75) is 37.9 Å². The molecule has 0 unspecified atom stereocenters. The van der Waals surface area contributed by atoms with Gasteiger partial charge in [-0.15, -0.1) is 0 Å². The van der Waals surface area contributed by atoms with Crippen LogP contribution in [-0.2, 0) is 11.3 Å². The van der Waals surface area contributed by atoms with Gasteiger partial charge in [0.25, 0.3) is 5.69 Å². The third-order valence-corrected chi connectivity index (χ3v) is 6.27. The number of nitrogens with one attached hydrogen (secondary N) is 1. The van der Waals surface area contributed by atoms with Crippen molar-refractivity contribution in [3.05, 3.63) is 52.2 Å². The van der Waals surface area contributed by atoms with Gasteiger partial charge in [0.05, 0.1) is 23.1 Å². The lowest BCUT2D eigenvalue weighted by atomic mass is 10.1. The molecule has 1 amide bonds. The van der Waals surface area contributed by atoms with Crippen LogP contribution in [0.3, 0.4) is 0 Å². The summed E-state index contributed by atoms with van der Waals surface area (Å²) >= 11 is 1.61. The lowest BCUT2D eigenvalue weighted by molar-refractivity contribution is -0.384. The van der Waals surface area contributed by atoms with E-state index in [1.165, 1.54) is 24.6 Å². The van der Waals surface area contributed by atoms with E-state index >= 15 is 0 Å². The summed E-state index contributed by atoms with van der Waals surface area (Å²) in [6.45, 7) is 4.93. The van der Waals surface area contributed by atoms with Crippen LogP contribution < -0.4 is 10.2 Å². The van der Waals surface area contributed by atoms with Crippen molar-refractivity contribution in [2.24, 2.45) is 0 Å². The highest BCUT2D eigenvalue weighted by atomic mass is 32.2. The molecule has 34 heavy (non-hydrogen) atoms. The first-order valence-electron chi connectivity index (χ1n) is 11.4. The van der Waals surface area contributed by atoms with Crippen molar-refractivity contribution in [1.82, 2.24) is 25.1 Å². The number of non-ortho nitro benzene ring substituents is 1. The van der Waals surface area contributed by atoms with Crippen LogP contribution in [0, 0.1) is 10.1 Å². The minimum Gasteiger partial charge on any atom is -0.356 e. The van der Waals surface area contributed by atoms with Gasteiger partial charge in [-0.2, -0.15) is 5.10 Å². The number of anilines is 1. The number of carbonyl (C=O) groups excluding carboxylic acids is 1. The predicted molar refractivity (Wildman–Crippen MR) is 133 cm³/mol. The molecule has 178 valence electrons. The van der Waals surface area contributed by atoms with Gasteiger partial charge in [-0.25, -0.2) is 14.6 Å². The number of carbonyl (C=O) groups is 1. The number of nitro groups is 1. The summed E-state index contributed by atoms with van der Waals surface area (Å²) in [7, 11) is 0. The SMILES string of the molecule is CCSc1nc(N2CCCCC2)c2cnn(CCNC(=O)/C=C\c3ccc([N+](=O)[O-])cc3)c2n1. The molecular formula is C23H27N7O3S. The summed E-state index contributed by atoms with van der Waals surface area (Å²) in [6.07, 6.45) is 8.42. The number of amides is 1. The molecule has 0 aliphatic carbocycles. The van der Waals surface area contributed by atoms with E-state index in [0.717, 1.165) is 53.7 Å². The minimum atomic E-state index is -0.455. The molecule has 4 rings (SSSR count). The zero-order valence-electron chi connectivity index (χ0n) is 19.0. The van der Waals surface area contributed by atoms with Gasteiger partial charge in [0.1, 0.15) is 5.82 Å². The third kappa shape index (κ3) is 5.71. The molecule has 0 spiro atoms. The van der Waals surface area contributed by atoms with E-state index in [1.807, 2.05) is 10.9 Å². The number of nitro benzene ring substituents is 1. The second-order valence-electron chi connectivity index (χ2n) is 7.89. The topological polar surface area (TPSA) is 119 Å². The number of hydrogen-bond acceptors (Lipinski definition) is 8. The van der Waals surface area contributed by atoms with Gasteiger partial charge in [0.15, 0.2) is 10.8 Å². The number of aromatic nitrogens is 4. The first-order chi connectivity index (χ1) is 16.5. The number of thioether (sulfide) groups is 1. The second-order valence-corrected chi connectivity index (χ2v) is 9.12. The Morgan fingerprint density at radius 1 is 1.21 bits per heavy atom. The van der Waals surface area contributed by atoms with Crippen LogP contribution in [0.25, 0.3) is 17.1 Å². The molecule has 1 aromatic carbocycles. The molecule has 0 radical (unpaired) electrons. The Hall–Kier alpha value is -3.47. The highest BCUT2D eigenvalue weighted by molar-refractivity contribution is 7.99. The third-order valence-electron chi connectivity index (χ3n) is 5.54. The Balaban J connectivity index is 1.41. The molecule has 0 saturated carbocycles. The van der Waals surface area contributed by atoms with Crippen molar-refractivity contribution in [3.8, 4) is 0 Å². The van der Waals surface area contributed by atoms with E-state index in [1.54, 1.807) is 30.0 Å². The number of rotatable bonds is 9. The Bertz CT molecular complexity index is 1190. The molecule has 0 atom stereocenters. The van der Waals surface area contributed by atoms with Gasteiger partial charge in [-0.3, -0.25) is 14.9 Å². The second kappa shape index (κ2) is 11.1. The van der Waals surface area contributed by atoms with Gasteiger partial charge in [-0.1, -0.05) is 18.7 Å². The van der Waals surface area contributed by atoms with E-state index in [4.69, 9.17) is 9.97 Å². The first kappa shape index (κ1) is 23.7. The lowest BCUT2D eigenvalue weighted by Gasteiger charge is -2.28. The molecule has 1 saturated heterocycles. The molecule has 11 heteroatoms. The highest BCUT2D eigenvalue weighted by Gasteiger charge is 2.19. The van der Waals surface area contributed by atoms with E-state index in [0.29, 0.717) is 18.7 Å². The fraction of sp³-hybridized carbons (Fsp3) is 0.391. The average molecular weight is 482 g/mol. The van der Waals surface area contributed by atoms with E-state index in [2.05, 4.69) is 22.2 Å². The average Bonchev–Trinajstić information content (AvgIpc) is 3.26. The Morgan fingerprint density at radius 3 is 2.68 bits per heavy atom. The molecular weight excluding hydrogens is 454 g/mol. The molecule has 1 N–H and O–H groups in total. The Morgan fingerprint density at radius 2 is 1.97 bits per heavy atom. The molecule has 1 aliphatic rings. The predicted octanol–water partition coefficient (Wildman–Crippen LogP) is 3.67. The number of benzene rings is 1. The number of hydrogen-bond donors (Lipinski definition) is 1. The van der Waals surface area contributed by atoms with Crippen molar-refractivity contribution < 1.29 is 9.72 Å². The summed E-state index contributed by atoms with van der Waals surface area (Å²) in [4.78, 5) is 34.3. The fourth-order valence-electron chi connectivity index (χ4n) is 3.85. The van der Waals surface area contributed by atoms with Crippen LogP contribution in [0.4, 0.5) is 11.5 Å². The van der Waals surface area contributed by atoms with Crippen LogP contribution in [0.1, 0.15) is 31.7 Å². The fourth-order valence-corrected chi connectivity index (χ4v) is 4.41. The van der Waals surface area contributed by atoms with Crippen molar-refractivity contribution >= 4 is 46.3 Å². The first-order valence-corrected chi connectivity index (χ1v) is 12.4. The van der Waals surface area contributed by atoms with Gasteiger partial charge in [0.2, 0.25) is 5.91 Å². The van der Waals surface area contributed by atoms with Crippen LogP contribution >= 0.6 is 11.8 Å². The van der Waals surface area contributed by atoms with E-state index in [9.17, 15) is 14.9 Å². The molecule has 2 aromatic heterocycles. The molecule has 1 aliphatic heterocycles. The summed E-state index contributed by atoms with van der Waals surface area (Å²) in [5.74, 6) is 1.58. The number of piperidine rings is 1. The van der Waals surface area contributed by atoms with Gasteiger partial charge >= 0.3 is 0 Å². The lowest BCUT2D eigenvalue weighted by Crippen LogP contribution is -2.30. The maximum Gasteiger partial charge on any atom is 0.269 e. The number of fused-ring (bicyclic) bond motifs is 1. The van der Waals surface area contributed by atoms with Crippen molar-refractivity contribution in [1.29, 1.82) is 0 Å². The van der Waals surface area contributed by atoms with Gasteiger partial charge < -0.3 is 10.2 Å². The standard InChI is InChI=1S/C23H27N7O3S/c1-2-34-23-26-21(28-13-4-3-5-14-28)19-16-25-29(22(19)27-23)15-12-24-20(31)11-8-17-6-9-18(10-7-17)30(32)33/h6-11,16H,2-5,12-15H2,1H3,(H,24,31)/b11-8-. The molecule has 1 fully saturated rings. The molecule has 3 aromatic rings. The minimum absolute atomic E-state index is 0.0146. The van der Waals surface area contributed by atoms with Gasteiger partial charge in [-0.05, 0) is 48.8 Å². The van der Waals surface area contributed by atoms with E-state index in [-0.39, 0.29) is 11.6 Å². The quantitative estimate of drug-likeness (QED) is 0.162. The monoisotopic (exact) mass is 481 g/mol. The molecule has 0 bridgehead atoms. The highest BCUT2D eigenvalue weighted by Crippen LogP contribution is 2.29. The zero-order chi connectivity index (χ0) is 23.9. The Labute approximate surface area is 201 Å². The van der Waals surface area contributed by atoms with Crippen molar-refractivity contribution in [3.63, 3.8) is 0 Å².